The highest BCUT2D eigenvalue weighted by Gasteiger charge is 2.04. The summed E-state index contributed by atoms with van der Waals surface area (Å²) in [5.41, 5.74) is 1.04. The van der Waals surface area contributed by atoms with Crippen LogP contribution in [0.15, 0.2) is 36.7 Å². The molecule has 1 heterocycles. The van der Waals surface area contributed by atoms with Crippen molar-refractivity contribution in [2.24, 2.45) is 0 Å². The van der Waals surface area contributed by atoms with Crippen LogP contribution in [0, 0.1) is 0 Å². The van der Waals surface area contributed by atoms with Gasteiger partial charge in [-0.25, -0.2) is 9.67 Å². The highest BCUT2D eigenvalue weighted by Crippen LogP contribution is 2.07. The van der Waals surface area contributed by atoms with E-state index in [4.69, 9.17) is 0 Å². The van der Waals surface area contributed by atoms with Gasteiger partial charge in [-0.1, -0.05) is 25.1 Å². The molecule has 4 heteroatoms. The Balaban J connectivity index is 2.25. The first-order valence-corrected chi connectivity index (χ1v) is 5.07. The molecule has 0 spiro atoms. The Kier molecular flexibility index (Phi) is 3.09. The Morgan fingerprint density at radius 2 is 2.07 bits per heavy atom. The minimum Gasteiger partial charge on any atom is -0.310 e. The fourth-order valence-corrected chi connectivity index (χ4v) is 1.41. The van der Waals surface area contributed by atoms with E-state index in [0.29, 0.717) is 0 Å². The SMILES string of the molecule is CCNCc1ncnn1-c1ccccc1. The molecule has 0 fully saturated rings. The molecule has 0 bridgehead atoms. The van der Waals surface area contributed by atoms with E-state index in [2.05, 4.69) is 22.3 Å². The van der Waals surface area contributed by atoms with Gasteiger partial charge in [-0.2, -0.15) is 5.10 Å². The number of benzene rings is 1. The van der Waals surface area contributed by atoms with Gasteiger partial charge in [0.2, 0.25) is 0 Å². The van der Waals surface area contributed by atoms with E-state index in [1.165, 1.54) is 0 Å². The third kappa shape index (κ3) is 2.22. The number of rotatable bonds is 4. The first-order valence-electron chi connectivity index (χ1n) is 5.07. The van der Waals surface area contributed by atoms with Crippen LogP contribution in [0.1, 0.15) is 12.7 Å². The Labute approximate surface area is 89.0 Å². The van der Waals surface area contributed by atoms with E-state index in [1.807, 2.05) is 35.0 Å². The van der Waals surface area contributed by atoms with Crippen molar-refractivity contribution in [3.8, 4) is 5.69 Å². The van der Waals surface area contributed by atoms with Crippen molar-refractivity contribution < 1.29 is 0 Å². The van der Waals surface area contributed by atoms with Crippen LogP contribution in [0.3, 0.4) is 0 Å². The molecule has 1 aromatic heterocycles. The van der Waals surface area contributed by atoms with Gasteiger partial charge >= 0.3 is 0 Å². The summed E-state index contributed by atoms with van der Waals surface area (Å²) in [6.45, 7) is 3.75. The van der Waals surface area contributed by atoms with Gasteiger partial charge < -0.3 is 5.32 Å². The summed E-state index contributed by atoms with van der Waals surface area (Å²) in [6.07, 6.45) is 1.58. The summed E-state index contributed by atoms with van der Waals surface area (Å²) in [5.74, 6) is 0.933. The number of para-hydroxylation sites is 1. The maximum atomic E-state index is 4.22. The number of hydrogen-bond donors (Lipinski definition) is 1. The van der Waals surface area contributed by atoms with Gasteiger partial charge in [-0.05, 0) is 18.7 Å². The largest absolute Gasteiger partial charge is 0.310 e. The van der Waals surface area contributed by atoms with Crippen molar-refractivity contribution >= 4 is 0 Å². The molecule has 1 N–H and O–H groups in total. The maximum Gasteiger partial charge on any atom is 0.146 e. The molecule has 15 heavy (non-hydrogen) atoms. The zero-order chi connectivity index (χ0) is 10.5. The molecule has 2 aromatic rings. The highest BCUT2D eigenvalue weighted by atomic mass is 15.3. The molecule has 0 unspecified atom stereocenters. The summed E-state index contributed by atoms with van der Waals surface area (Å²) < 4.78 is 1.85. The lowest BCUT2D eigenvalue weighted by molar-refractivity contribution is 0.664. The molecule has 0 aliphatic heterocycles. The predicted molar refractivity (Wildman–Crippen MR) is 58.7 cm³/mol. The lowest BCUT2D eigenvalue weighted by Crippen LogP contribution is -2.16. The van der Waals surface area contributed by atoms with E-state index in [0.717, 1.165) is 24.6 Å². The van der Waals surface area contributed by atoms with Crippen LogP contribution < -0.4 is 5.32 Å². The molecule has 78 valence electrons. The van der Waals surface area contributed by atoms with Crippen LogP contribution in [0.5, 0.6) is 0 Å². The van der Waals surface area contributed by atoms with Gasteiger partial charge in [0.25, 0.3) is 0 Å². The second kappa shape index (κ2) is 4.70. The Morgan fingerprint density at radius 3 is 2.80 bits per heavy atom. The van der Waals surface area contributed by atoms with E-state index < -0.39 is 0 Å². The average molecular weight is 202 g/mol. The van der Waals surface area contributed by atoms with Crippen molar-refractivity contribution in [1.29, 1.82) is 0 Å². The molecule has 4 nitrogen and oxygen atoms in total. The molecule has 0 radical (unpaired) electrons. The molecule has 0 amide bonds. The smallest absolute Gasteiger partial charge is 0.146 e. The number of hydrogen-bond acceptors (Lipinski definition) is 3. The fraction of sp³-hybridized carbons (Fsp3) is 0.273. The van der Waals surface area contributed by atoms with Crippen LogP contribution in [-0.2, 0) is 6.54 Å². The molecular weight excluding hydrogens is 188 g/mol. The zero-order valence-corrected chi connectivity index (χ0v) is 8.72. The Bertz CT molecular complexity index is 408. The van der Waals surface area contributed by atoms with Gasteiger partial charge in [0, 0.05) is 0 Å². The molecule has 0 saturated heterocycles. The minimum atomic E-state index is 0.741. The van der Waals surface area contributed by atoms with E-state index in [1.54, 1.807) is 6.33 Å². The van der Waals surface area contributed by atoms with E-state index in [-0.39, 0.29) is 0 Å². The van der Waals surface area contributed by atoms with E-state index in [9.17, 15) is 0 Å². The lowest BCUT2D eigenvalue weighted by atomic mass is 10.3. The van der Waals surface area contributed by atoms with Crippen molar-refractivity contribution in [3.63, 3.8) is 0 Å². The Hall–Kier alpha value is -1.68. The van der Waals surface area contributed by atoms with Crippen LogP contribution in [0.4, 0.5) is 0 Å². The van der Waals surface area contributed by atoms with E-state index >= 15 is 0 Å². The third-order valence-electron chi connectivity index (χ3n) is 2.15. The fourth-order valence-electron chi connectivity index (χ4n) is 1.41. The minimum absolute atomic E-state index is 0.741. The summed E-state index contributed by atoms with van der Waals surface area (Å²) in [4.78, 5) is 4.22. The topological polar surface area (TPSA) is 42.7 Å². The van der Waals surface area contributed by atoms with Crippen molar-refractivity contribution in [2.75, 3.05) is 6.54 Å². The van der Waals surface area contributed by atoms with Gasteiger partial charge in [0.1, 0.15) is 12.2 Å². The van der Waals surface area contributed by atoms with Crippen molar-refractivity contribution in [2.45, 2.75) is 13.5 Å². The molecule has 0 atom stereocenters. The van der Waals surface area contributed by atoms with Gasteiger partial charge in [-0.15, -0.1) is 0 Å². The quantitative estimate of drug-likeness (QED) is 0.814. The normalized spacial score (nSPS) is 10.5. The molecule has 2 rings (SSSR count). The summed E-state index contributed by atoms with van der Waals surface area (Å²) in [6, 6.07) is 10.0. The van der Waals surface area contributed by atoms with Crippen LogP contribution >= 0.6 is 0 Å². The second-order valence-electron chi connectivity index (χ2n) is 3.20. The maximum absolute atomic E-state index is 4.22. The standard InChI is InChI=1S/C11H14N4/c1-2-12-8-11-13-9-14-15(11)10-6-4-3-5-7-10/h3-7,9,12H,2,8H2,1H3. The first-order chi connectivity index (χ1) is 7.42. The molecular formula is C11H14N4. The van der Waals surface area contributed by atoms with Crippen LogP contribution in [-0.4, -0.2) is 21.3 Å². The monoisotopic (exact) mass is 202 g/mol. The summed E-state index contributed by atoms with van der Waals surface area (Å²) in [7, 11) is 0. The third-order valence-corrected chi connectivity index (χ3v) is 2.15. The molecule has 1 aromatic carbocycles. The summed E-state index contributed by atoms with van der Waals surface area (Å²) in [5, 5.41) is 7.44. The van der Waals surface area contributed by atoms with Crippen molar-refractivity contribution in [3.05, 3.63) is 42.5 Å². The van der Waals surface area contributed by atoms with Gasteiger partial charge in [-0.3, -0.25) is 0 Å². The lowest BCUT2D eigenvalue weighted by Gasteiger charge is -2.05. The van der Waals surface area contributed by atoms with Crippen LogP contribution in [0.2, 0.25) is 0 Å². The zero-order valence-electron chi connectivity index (χ0n) is 8.72. The van der Waals surface area contributed by atoms with Gasteiger partial charge in [0.05, 0.1) is 12.2 Å². The number of nitrogens with one attached hydrogen (secondary N) is 1. The summed E-state index contributed by atoms with van der Waals surface area (Å²) >= 11 is 0. The highest BCUT2D eigenvalue weighted by molar-refractivity contribution is 5.30. The number of aromatic nitrogens is 3. The predicted octanol–water partition coefficient (Wildman–Crippen LogP) is 1.38. The first kappa shape index (κ1) is 9.86. The molecule has 0 aliphatic rings. The number of nitrogens with zero attached hydrogens (tertiary/aromatic N) is 3. The van der Waals surface area contributed by atoms with Crippen molar-refractivity contribution in [1.82, 2.24) is 20.1 Å². The Morgan fingerprint density at radius 1 is 1.27 bits per heavy atom. The van der Waals surface area contributed by atoms with Gasteiger partial charge in [0.15, 0.2) is 0 Å². The second-order valence-corrected chi connectivity index (χ2v) is 3.20. The molecule has 0 aliphatic carbocycles. The average Bonchev–Trinajstić information content (AvgIpc) is 2.75. The van der Waals surface area contributed by atoms with Crippen LogP contribution in [0.25, 0.3) is 5.69 Å². The molecule has 0 saturated carbocycles.